The van der Waals surface area contributed by atoms with Crippen LogP contribution in [0.25, 0.3) is 0 Å². The van der Waals surface area contributed by atoms with E-state index in [0.29, 0.717) is 29.7 Å². The lowest BCUT2D eigenvalue weighted by molar-refractivity contribution is -0.124. The predicted molar refractivity (Wildman–Crippen MR) is 84.1 cm³/mol. The van der Waals surface area contributed by atoms with Gasteiger partial charge in [0.25, 0.3) is 5.91 Å². The standard InChI is InChI=1S/C15H21N3O2S/c1-10(2)6-17-14(19)13-8-21-9-18(13)15(20)12-5-4-11(3)16-7-12/h4-5,7,10,13H,6,8-9H2,1-3H3,(H,17,19)/t13-/m1/s1. The molecule has 21 heavy (non-hydrogen) atoms. The molecule has 114 valence electrons. The fourth-order valence-electron chi connectivity index (χ4n) is 2.04. The number of amides is 2. The molecule has 1 fully saturated rings. The number of aryl methyl sites for hydroxylation is 1. The summed E-state index contributed by atoms with van der Waals surface area (Å²) in [6.07, 6.45) is 1.57. The summed E-state index contributed by atoms with van der Waals surface area (Å²) < 4.78 is 0. The Morgan fingerprint density at radius 2 is 2.24 bits per heavy atom. The third kappa shape index (κ3) is 3.97. The van der Waals surface area contributed by atoms with Crippen LogP contribution in [0.5, 0.6) is 0 Å². The molecule has 1 aliphatic rings. The molecule has 1 saturated heterocycles. The molecule has 2 amide bonds. The molecule has 1 aromatic rings. The Hall–Kier alpha value is -1.56. The zero-order chi connectivity index (χ0) is 15.4. The number of hydrogen-bond donors (Lipinski definition) is 1. The van der Waals surface area contributed by atoms with Crippen molar-refractivity contribution in [3.8, 4) is 0 Å². The summed E-state index contributed by atoms with van der Waals surface area (Å²) in [4.78, 5) is 30.5. The zero-order valence-electron chi connectivity index (χ0n) is 12.6. The predicted octanol–water partition coefficient (Wildman–Crippen LogP) is 1.68. The first-order valence-electron chi connectivity index (χ1n) is 7.08. The fourth-order valence-corrected chi connectivity index (χ4v) is 3.20. The van der Waals surface area contributed by atoms with Gasteiger partial charge in [-0.3, -0.25) is 14.6 Å². The van der Waals surface area contributed by atoms with Gasteiger partial charge in [-0.1, -0.05) is 13.8 Å². The third-order valence-electron chi connectivity index (χ3n) is 3.29. The molecule has 0 spiro atoms. The Morgan fingerprint density at radius 3 is 2.86 bits per heavy atom. The number of carbonyl (C=O) groups excluding carboxylic acids is 2. The highest BCUT2D eigenvalue weighted by Gasteiger charge is 2.35. The van der Waals surface area contributed by atoms with Gasteiger partial charge in [0.15, 0.2) is 0 Å². The molecule has 0 saturated carbocycles. The van der Waals surface area contributed by atoms with Crippen LogP contribution < -0.4 is 5.32 Å². The summed E-state index contributed by atoms with van der Waals surface area (Å²) in [6, 6.07) is 3.18. The molecule has 0 radical (unpaired) electrons. The zero-order valence-corrected chi connectivity index (χ0v) is 13.4. The van der Waals surface area contributed by atoms with E-state index < -0.39 is 0 Å². The fraction of sp³-hybridized carbons (Fsp3) is 0.533. The number of carbonyl (C=O) groups is 2. The minimum Gasteiger partial charge on any atom is -0.354 e. The van der Waals surface area contributed by atoms with Gasteiger partial charge in [-0.25, -0.2) is 0 Å². The van der Waals surface area contributed by atoms with Crippen molar-refractivity contribution in [2.75, 3.05) is 18.2 Å². The third-order valence-corrected chi connectivity index (χ3v) is 4.30. The molecule has 2 rings (SSSR count). The van der Waals surface area contributed by atoms with E-state index in [4.69, 9.17) is 0 Å². The summed E-state index contributed by atoms with van der Waals surface area (Å²) in [5.41, 5.74) is 1.40. The van der Waals surface area contributed by atoms with E-state index in [2.05, 4.69) is 10.3 Å². The van der Waals surface area contributed by atoms with Gasteiger partial charge >= 0.3 is 0 Å². The second-order valence-corrected chi connectivity index (χ2v) is 6.62. The van der Waals surface area contributed by atoms with Crippen LogP contribution in [0.1, 0.15) is 29.9 Å². The van der Waals surface area contributed by atoms with Crippen molar-refractivity contribution in [2.24, 2.45) is 5.92 Å². The number of rotatable bonds is 4. The van der Waals surface area contributed by atoms with Crippen LogP contribution in [0, 0.1) is 12.8 Å². The van der Waals surface area contributed by atoms with Gasteiger partial charge < -0.3 is 10.2 Å². The van der Waals surface area contributed by atoms with E-state index in [1.165, 1.54) is 0 Å². The van der Waals surface area contributed by atoms with Gasteiger partial charge in [0, 0.05) is 24.2 Å². The maximum atomic E-state index is 12.5. The first-order chi connectivity index (χ1) is 9.99. The van der Waals surface area contributed by atoms with Crippen molar-refractivity contribution in [2.45, 2.75) is 26.8 Å². The lowest BCUT2D eigenvalue weighted by Crippen LogP contribution is -2.48. The minimum atomic E-state index is -0.387. The number of hydrogen-bond acceptors (Lipinski definition) is 4. The van der Waals surface area contributed by atoms with Crippen molar-refractivity contribution in [1.29, 1.82) is 0 Å². The Kier molecular flexibility index (Phi) is 5.22. The molecular weight excluding hydrogens is 286 g/mol. The van der Waals surface area contributed by atoms with Crippen LogP contribution in [0.2, 0.25) is 0 Å². The molecule has 1 atom stereocenters. The summed E-state index contributed by atoms with van der Waals surface area (Å²) >= 11 is 1.60. The van der Waals surface area contributed by atoms with Crippen molar-refractivity contribution < 1.29 is 9.59 Å². The van der Waals surface area contributed by atoms with Gasteiger partial charge in [-0.2, -0.15) is 0 Å². The van der Waals surface area contributed by atoms with E-state index in [1.807, 2.05) is 26.8 Å². The molecule has 5 nitrogen and oxygen atoms in total. The van der Waals surface area contributed by atoms with E-state index >= 15 is 0 Å². The van der Waals surface area contributed by atoms with Crippen molar-refractivity contribution in [3.05, 3.63) is 29.6 Å². The van der Waals surface area contributed by atoms with Crippen LogP contribution in [-0.4, -0.2) is 45.9 Å². The highest BCUT2D eigenvalue weighted by Crippen LogP contribution is 2.23. The van der Waals surface area contributed by atoms with Gasteiger partial charge in [0.1, 0.15) is 6.04 Å². The first-order valence-corrected chi connectivity index (χ1v) is 8.23. The number of pyridine rings is 1. The van der Waals surface area contributed by atoms with E-state index in [-0.39, 0.29) is 17.9 Å². The number of nitrogens with one attached hydrogen (secondary N) is 1. The minimum absolute atomic E-state index is 0.0675. The number of nitrogens with zero attached hydrogens (tertiary/aromatic N) is 2. The second kappa shape index (κ2) is 6.93. The highest BCUT2D eigenvalue weighted by atomic mass is 32.2. The van der Waals surface area contributed by atoms with Crippen molar-refractivity contribution in [3.63, 3.8) is 0 Å². The van der Waals surface area contributed by atoms with Crippen molar-refractivity contribution in [1.82, 2.24) is 15.2 Å². The molecule has 1 aliphatic heterocycles. The molecule has 2 heterocycles. The van der Waals surface area contributed by atoms with E-state index in [0.717, 1.165) is 5.69 Å². The molecular formula is C15H21N3O2S. The first kappa shape index (κ1) is 15.8. The molecule has 6 heteroatoms. The average molecular weight is 307 g/mol. The SMILES string of the molecule is Cc1ccc(C(=O)N2CSC[C@@H]2C(=O)NCC(C)C)cn1. The van der Waals surface area contributed by atoms with Gasteiger partial charge in [0.05, 0.1) is 11.4 Å². The van der Waals surface area contributed by atoms with Crippen molar-refractivity contribution >= 4 is 23.6 Å². The molecule has 1 aromatic heterocycles. The van der Waals surface area contributed by atoms with Gasteiger partial charge in [-0.05, 0) is 25.0 Å². The maximum Gasteiger partial charge on any atom is 0.256 e. The quantitative estimate of drug-likeness (QED) is 0.919. The summed E-state index contributed by atoms with van der Waals surface area (Å²) in [5.74, 6) is 1.40. The molecule has 0 unspecified atom stereocenters. The van der Waals surface area contributed by atoms with Crippen LogP contribution in [0.15, 0.2) is 18.3 Å². The normalized spacial score (nSPS) is 18.1. The molecule has 0 aliphatic carbocycles. The van der Waals surface area contributed by atoms with E-state index in [1.54, 1.807) is 28.9 Å². The van der Waals surface area contributed by atoms with Crippen LogP contribution in [0.4, 0.5) is 0 Å². The largest absolute Gasteiger partial charge is 0.354 e. The maximum absolute atomic E-state index is 12.5. The van der Waals surface area contributed by atoms with Gasteiger partial charge in [0.2, 0.25) is 5.91 Å². The number of thioether (sulfide) groups is 1. The Labute approximate surface area is 129 Å². The number of aromatic nitrogens is 1. The lowest BCUT2D eigenvalue weighted by atomic mass is 10.2. The second-order valence-electron chi connectivity index (χ2n) is 5.62. The van der Waals surface area contributed by atoms with Gasteiger partial charge in [-0.15, -0.1) is 11.8 Å². The average Bonchev–Trinajstić information content (AvgIpc) is 2.94. The van der Waals surface area contributed by atoms with Crippen LogP contribution in [-0.2, 0) is 4.79 Å². The Balaban J connectivity index is 2.05. The molecule has 1 N–H and O–H groups in total. The highest BCUT2D eigenvalue weighted by molar-refractivity contribution is 7.99. The van der Waals surface area contributed by atoms with Crippen LogP contribution >= 0.6 is 11.8 Å². The Morgan fingerprint density at radius 1 is 1.48 bits per heavy atom. The van der Waals surface area contributed by atoms with Crippen LogP contribution in [0.3, 0.4) is 0 Å². The molecule has 0 bridgehead atoms. The smallest absolute Gasteiger partial charge is 0.256 e. The summed E-state index contributed by atoms with van der Waals surface area (Å²) in [5, 5.41) is 2.91. The monoisotopic (exact) mass is 307 g/mol. The summed E-state index contributed by atoms with van der Waals surface area (Å²) in [6.45, 7) is 6.60. The molecule has 0 aromatic carbocycles. The van der Waals surface area contributed by atoms with E-state index in [9.17, 15) is 9.59 Å². The Bertz CT molecular complexity index is 516. The lowest BCUT2D eigenvalue weighted by Gasteiger charge is -2.23. The summed E-state index contributed by atoms with van der Waals surface area (Å²) in [7, 11) is 0. The topological polar surface area (TPSA) is 62.3 Å².